The van der Waals surface area contributed by atoms with Gasteiger partial charge in [0.15, 0.2) is 0 Å². The molecular weight excluding hydrogens is 244 g/mol. The average Bonchev–Trinajstić information content (AvgIpc) is 2.42. The molecule has 0 saturated carbocycles. The van der Waals surface area contributed by atoms with Gasteiger partial charge < -0.3 is 9.47 Å². The molecule has 0 aromatic rings. The number of rotatable bonds is 7. The number of hydrogen-bond donors (Lipinski definition) is 0. The lowest BCUT2D eigenvalue weighted by Crippen LogP contribution is -2.02. The van der Waals surface area contributed by atoms with Crippen LogP contribution in [0.25, 0.3) is 0 Å². The lowest BCUT2D eigenvalue weighted by Gasteiger charge is -1.95. The summed E-state index contributed by atoms with van der Waals surface area (Å²) in [5, 5.41) is 0. The van der Waals surface area contributed by atoms with Crippen LogP contribution in [0.3, 0.4) is 0 Å². The first-order chi connectivity index (χ1) is 9.20. The molecule has 0 saturated heterocycles. The molecule has 4 nitrogen and oxygen atoms in total. The molecular formula is C15H18O4. The average molecular weight is 262 g/mol. The van der Waals surface area contributed by atoms with Crippen molar-refractivity contribution in [3.63, 3.8) is 0 Å². The number of allylic oxidation sites excluding steroid dienone is 7. The fourth-order valence-corrected chi connectivity index (χ4v) is 0.884. The minimum atomic E-state index is -0.594. The second-order valence-corrected chi connectivity index (χ2v) is 3.21. The van der Waals surface area contributed by atoms with E-state index in [9.17, 15) is 9.59 Å². The van der Waals surface area contributed by atoms with E-state index in [2.05, 4.69) is 4.74 Å². The maximum atomic E-state index is 11.1. The number of carbonyl (C=O) groups excluding carboxylic acids is 2. The summed E-state index contributed by atoms with van der Waals surface area (Å²) in [6.07, 6.45) is 16.8. The number of hydrogen-bond acceptors (Lipinski definition) is 4. The molecule has 0 fully saturated rings. The van der Waals surface area contributed by atoms with Gasteiger partial charge in [0.05, 0.1) is 7.11 Å². The van der Waals surface area contributed by atoms with Crippen molar-refractivity contribution in [2.75, 3.05) is 13.7 Å². The highest BCUT2D eigenvalue weighted by molar-refractivity contribution is 5.91. The number of carbonyl (C=O) groups is 2. The number of methoxy groups -OCH3 is 1. The molecule has 0 spiro atoms. The minimum Gasteiger partial charge on any atom is -0.466 e. The SMILES string of the molecule is C/C=C/C=C/C=C/C=C/COC(=O)/C=C\C(=O)OC. The lowest BCUT2D eigenvalue weighted by molar-refractivity contribution is -0.138. The van der Waals surface area contributed by atoms with Crippen molar-refractivity contribution in [3.05, 3.63) is 60.8 Å². The number of esters is 2. The van der Waals surface area contributed by atoms with E-state index in [0.717, 1.165) is 12.2 Å². The van der Waals surface area contributed by atoms with Crippen molar-refractivity contribution < 1.29 is 19.1 Å². The molecule has 0 heterocycles. The fourth-order valence-electron chi connectivity index (χ4n) is 0.884. The lowest BCUT2D eigenvalue weighted by atomic mass is 10.4. The molecule has 19 heavy (non-hydrogen) atoms. The first-order valence-corrected chi connectivity index (χ1v) is 5.74. The quantitative estimate of drug-likeness (QED) is 0.402. The summed E-state index contributed by atoms with van der Waals surface area (Å²) >= 11 is 0. The van der Waals surface area contributed by atoms with Crippen molar-refractivity contribution in [2.45, 2.75) is 6.92 Å². The third-order valence-electron chi connectivity index (χ3n) is 1.76. The largest absolute Gasteiger partial charge is 0.466 e. The molecule has 0 unspecified atom stereocenters. The van der Waals surface area contributed by atoms with Gasteiger partial charge >= 0.3 is 11.9 Å². The van der Waals surface area contributed by atoms with E-state index in [1.54, 1.807) is 12.2 Å². The predicted octanol–water partition coefficient (Wildman–Crippen LogP) is 2.50. The highest BCUT2D eigenvalue weighted by Gasteiger charge is 1.96. The molecule has 4 heteroatoms. The van der Waals surface area contributed by atoms with Gasteiger partial charge in [0.1, 0.15) is 6.61 Å². The van der Waals surface area contributed by atoms with E-state index >= 15 is 0 Å². The molecule has 0 aliphatic carbocycles. The van der Waals surface area contributed by atoms with Crippen LogP contribution in [0.1, 0.15) is 6.92 Å². The Hall–Kier alpha value is -2.36. The van der Waals surface area contributed by atoms with Gasteiger partial charge in [0.25, 0.3) is 0 Å². The summed E-state index contributed by atoms with van der Waals surface area (Å²) in [5.74, 6) is -1.18. The van der Waals surface area contributed by atoms with Crippen LogP contribution in [0.2, 0.25) is 0 Å². The molecule has 0 aliphatic heterocycles. The summed E-state index contributed by atoms with van der Waals surface area (Å²) in [6, 6.07) is 0. The van der Waals surface area contributed by atoms with Crippen molar-refractivity contribution in [3.8, 4) is 0 Å². The third-order valence-corrected chi connectivity index (χ3v) is 1.76. The molecule has 0 rings (SSSR count). The van der Waals surface area contributed by atoms with E-state index in [1.165, 1.54) is 7.11 Å². The van der Waals surface area contributed by atoms with Crippen molar-refractivity contribution in [1.29, 1.82) is 0 Å². The van der Waals surface area contributed by atoms with Gasteiger partial charge in [-0.25, -0.2) is 9.59 Å². The first kappa shape index (κ1) is 16.6. The Labute approximate surface area is 113 Å². The summed E-state index contributed by atoms with van der Waals surface area (Å²) in [5.41, 5.74) is 0. The van der Waals surface area contributed by atoms with Gasteiger partial charge in [0.2, 0.25) is 0 Å². The molecule has 0 amide bonds. The predicted molar refractivity (Wildman–Crippen MR) is 74.3 cm³/mol. The summed E-state index contributed by atoms with van der Waals surface area (Å²) in [6.45, 7) is 2.09. The smallest absolute Gasteiger partial charge is 0.331 e. The standard InChI is InChI=1S/C15H18O4/c1-3-4-5-6-7-8-9-10-13-19-15(17)12-11-14(16)18-2/h3-12H,13H2,1-2H3/b4-3+,6-5+,8-7+,10-9+,12-11-. The monoisotopic (exact) mass is 262 g/mol. The molecule has 0 atom stereocenters. The Morgan fingerprint density at radius 2 is 1.47 bits per heavy atom. The second kappa shape index (κ2) is 12.1. The molecule has 0 aliphatic rings. The Morgan fingerprint density at radius 3 is 2.11 bits per heavy atom. The van der Waals surface area contributed by atoms with E-state index in [-0.39, 0.29) is 6.61 Å². The summed E-state index contributed by atoms with van der Waals surface area (Å²) < 4.78 is 9.13. The van der Waals surface area contributed by atoms with Crippen molar-refractivity contribution in [2.24, 2.45) is 0 Å². The van der Waals surface area contributed by atoms with Crippen molar-refractivity contribution >= 4 is 11.9 Å². The number of ether oxygens (including phenoxy) is 2. The molecule has 0 bridgehead atoms. The van der Waals surface area contributed by atoms with Gasteiger partial charge in [-0.15, -0.1) is 0 Å². The van der Waals surface area contributed by atoms with Crippen LogP contribution in [-0.2, 0) is 19.1 Å². The highest BCUT2D eigenvalue weighted by Crippen LogP contribution is 1.87. The summed E-state index contributed by atoms with van der Waals surface area (Å²) in [7, 11) is 1.23. The van der Waals surface area contributed by atoms with Crippen LogP contribution >= 0.6 is 0 Å². The van der Waals surface area contributed by atoms with Crippen LogP contribution in [0.15, 0.2) is 60.8 Å². The topological polar surface area (TPSA) is 52.6 Å². The van der Waals surface area contributed by atoms with Gasteiger partial charge in [-0.3, -0.25) is 0 Å². The maximum absolute atomic E-state index is 11.1. The molecule has 0 N–H and O–H groups in total. The van der Waals surface area contributed by atoms with E-state index in [4.69, 9.17) is 4.74 Å². The van der Waals surface area contributed by atoms with E-state index in [1.807, 2.05) is 43.4 Å². The normalized spacial score (nSPS) is 12.3. The molecule has 0 radical (unpaired) electrons. The summed E-state index contributed by atoms with van der Waals surface area (Å²) in [4.78, 5) is 21.8. The Bertz CT molecular complexity index is 412. The van der Waals surface area contributed by atoms with Gasteiger partial charge in [-0.1, -0.05) is 42.5 Å². The van der Waals surface area contributed by atoms with Gasteiger partial charge in [-0.2, -0.15) is 0 Å². The van der Waals surface area contributed by atoms with E-state index < -0.39 is 11.9 Å². The zero-order valence-corrected chi connectivity index (χ0v) is 11.1. The third kappa shape index (κ3) is 11.9. The van der Waals surface area contributed by atoms with Crippen LogP contribution in [0.4, 0.5) is 0 Å². The highest BCUT2D eigenvalue weighted by atomic mass is 16.5. The Kier molecular flexibility index (Phi) is 10.6. The van der Waals surface area contributed by atoms with Gasteiger partial charge in [0, 0.05) is 12.2 Å². The zero-order chi connectivity index (χ0) is 14.3. The first-order valence-electron chi connectivity index (χ1n) is 5.74. The Morgan fingerprint density at radius 1 is 0.895 bits per heavy atom. The van der Waals surface area contributed by atoms with Crippen LogP contribution < -0.4 is 0 Å². The molecule has 0 aromatic carbocycles. The zero-order valence-electron chi connectivity index (χ0n) is 11.1. The van der Waals surface area contributed by atoms with Gasteiger partial charge in [-0.05, 0) is 13.0 Å². The Balaban J connectivity index is 3.81. The van der Waals surface area contributed by atoms with Crippen LogP contribution in [0.5, 0.6) is 0 Å². The van der Waals surface area contributed by atoms with Crippen molar-refractivity contribution in [1.82, 2.24) is 0 Å². The minimum absolute atomic E-state index is 0.146. The fraction of sp³-hybridized carbons (Fsp3) is 0.200. The van der Waals surface area contributed by atoms with E-state index in [0.29, 0.717) is 0 Å². The van der Waals surface area contributed by atoms with Crippen LogP contribution in [0, 0.1) is 0 Å². The second-order valence-electron chi connectivity index (χ2n) is 3.21. The maximum Gasteiger partial charge on any atom is 0.331 e. The molecule has 102 valence electrons. The van der Waals surface area contributed by atoms with Crippen LogP contribution in [-0.4, -0.2) is 25.7 Å². The molecule has 0 aromatic heterocycles.